The number of H-pyrrole nitrogens is 1. The second kappa shape index (κ2) is 9.95. The molecule has 3 N–H and O–H groups in total. The number of hydrogen-bond acceptors (Lipinski definition) is 7. The van der Waals surface area contributed by atoms with Gasteiger partial charge in [-0.1, -0.05) is 40.9 Å². The molecule has 0 aliphatic heterocycles. The van der Waals surface area contributed by atoms with Crippen LogP contribution in [0, 0.1) is 17.1 Å². The lowest BCUT2D eigenvalue weighted by molar-refractivity contribution is 0.632. The van der Waals surface area contributed by atoms with Crippen molar-refractivity contribution in [2.24, 2.45) is 0 Å². The summed E-state index contributed by atoms with van der Waals surface area (Å²) in [4.78, 5) is 8.53. The number of benzene rings is 2. The van der Waals surface area contributed by atoms with Gasteiger partial charge in [-0.15, -0.1) is 0 Å². The Bertz CT molecular complexity index is 1600. The molecule has 0 fully saturated rings. The van der Waals surface area contributed by atoms with Crippen molar-refractivity contribution < 1.29 is 4.39 Å². The summed E-state index contributed by atoms with van der Waals surface area (Å²) in [6.07, 6.45) is 6.35. The topological polar surface area (TPSA) is 115 Å². The van der Waals surface area contributed by atoms with Gasteiger partial charge in [0.2, 0.25) is 0 Å². The van der Waals surface area contributed by atoms with E-state index < -0.39 is 11.9 Å². The van der Waals surface area contributed by atoms with Crippen LogP contribution in [0.5, 0.6) is 0 Å². The molecule has 36 heavy (non-hydrogen) atoms. The largest absolute Gasteiger partial charge is 0.373 e. The van der Waals surface area contributed by atoms with E-state index in [9.17, 15) is 9.65 Å². The number of nitrogens with one attached hydrogen (secondary N) is 3. The highest BCUT2D eigenvalue weighted by molar-refractivity contribution is 6.42. The standard InChI is InChI=1S/C24H14Cl3FN8/c25-16-3-4-18(21(28)20(16)27)34-22-13(8-29)10-31-24-15(22)6-14(7-17(24)26)33-23(19-11-32-36-35-19)12-2-1-5-30-9-12/h1-7,9-11,23,33H,(H,31,34)(H,32,35,36). The Morgan fingerprint density at radius 3 is 2.64 bits per heavy atom. The molecule has 3 heterocycles. The summed E-state index contributed by atoms with van der Waals surface area (Å²) in [5.74, 6) is -0.749. The zero-order valence-corrected chi connectivity index (χ0v) is 20.4. The maximum absolute atomic E-state index is 14.8. The lowest BCUT2D eigenvalue weighted by Crippen LogP contribution is -2.13. The molecule has 2 aromatic carbocycles. The number of aromatic nitrogens is 5. The Morgan fingerprint density at radius 1 is 1.06 bits per heavy atom. The van der Waals surface area contributed by atoms with Crippen LogP contribution in [-0.2, 0) is 0 Å². The normalized spacial score (nSPS) is 11.8. The molecule has 8 nitrogen and oxygen atoms in total. The smallest absolute Gasteiger partial charge is 0.166 e. The van der Waals surface area contributed by atoms with Crippen LogP contribution in [0.25, 0.3) is 10.9 Å². The average molecular weight is 540 g/mol. The maximum atomic E-state index is 14.8. The molecule has 0 bridgehead atoms. The molecule has 3 aromatic heterocycles. The first-order valence-corrected chi connectivity index (χ1v) is 11.5. The minimum atomic E-state index is -0.749. The van der Waals surface area contributed by atoms with E-state index in [0.717, 1.165) is 5.56 Å². The molecule has 0 spiro atoms. The number of pyridine rings is 2. The van der Waals surface area contributed by atoms with Gasteiger partial charge in [0, 0.05) is 29.7 Å². The molecular formula is C24H14Cl3FN8. The maximum Gasteiger partial charge on any atom is 0.166 e. The molecule has 5 aromatic rings. The van der Waals surface area contributed by atoms with Crippen LogP contribution in [0.1, 0.15) is 22.9 Å². The van der Waals surface area contributed by atoms with E-state index in [2.05, 4.69) is 42.1 Å². The fourth-order valence-corrected chi connectivity index (χ4v) is 4.29. The molecule has 1 atom stereocenters. The minimum absolute atomic E-state index is 0.0405. The third-order valence-corrected chi connectivity index (χ3v) is 6.47. The second-order valence-electron chi connectivity index (χ2n) is 7.62. The Morgan fingerprint density at radius 2 is 1.92 bits per heavy atom. The summed E-state index contributed by atoms with van der Waals surface area (Å²) in [5.41, 5.74) is 3.01. The second-order valence-corrected chi connectivity index (χ2v) is 8.81. The van der Waals surface area contributed by atoms with Crippen LogP contribution in [0.4, 0.5) is 21.5 Å². The first kappa shape index (κ1) is 23.8. The zero-order chi connectivity index (χ0) is 25.2. The van der Waals surface area contributed by atoms with Gasteiger partial charge in [0.25, 0.3) is 0 Å². The van der Waals surface area contributed by atoms with Gasteiger partial charge < -0.3 is 10.6 Å². The van der Waals surface area contributed by atoms with Crippen LogP contribution in [0.2, 0.25) is 15.1 Å². The lowest BCUT2D eigenvalue weighted by Gasteiger charge is -2.20. The monoisotopic (exact) mass is 538 g/mol. The summed E-state index contributed by atoms with van der Waals surface area (Å²) in [5, 5.41) is 27.5. The van der Waals surface area contributed by atoms with Gasteiger partial charge in [-0.3, -0.25) is 9.97 Å². The SMILES string of the molecule is N#Cc1cnc2c(Cl)cc(NC(c3cccnc3)c3cn[nH]n3)cc2c1Nc1ccc(Cl)c(Cl)c1F. The van der Waals surface area contributed by atoms with Crippen LogP contribution in [0.3, 0.4) is 0 Å². The fraction of sp³-hybridized carbons (Fsp3) is 0.0417. The highest BCUT2D eigenvalue weighted by Crippen LogP contribution is 2.38. The molecule has 0 saturated carbocycles. The van der Waals surface area contributed by atoms with E-state index >= 15 is 0 Å². The number of rotatable bonds is 6. The van der Waals surface area contributed by atoms with E-state index in [-0.39, 0.29) is 21.3 Å². The van der Waals surface area contributed by atoms with Gasteiger partial charge in [-0.05, 0) is 35.9 Å². The van der Waals surface area contributed by atoms with E-state index in [1.165, 1.54) is 18.3 Å². The Kier molecular flexibility index (Phi) is 6.57. The summed E-state index contributed by atoms with van der Waals surface area (Å²) in [6, 6.07) is 11.7. The van der Waals surface area contributed by atoms with Crippen molar-refractivity contribution in [3.63, 3.8) is 0 Å². The predicted molar refractivity (Wildman–Crippen MR) is 137 cm³/mol. The van der Waals surface area contributed by atoms with Gasteiger partial charge in [-0.25, -0.2) is 4.39 Å². The number of anilines is 3. The first-order valence-electron chi connectivity index (χ1n) is 10.4. The van der Waals surface area contributed by atoms with E-state index in [4.69, 9.17) is 34.8 Å². The number of hydrogen-bond donors (Lipinski definition) is 3. The third kappa shape index (κ3) is 4.50. The van der Waals surface area contributed by atoms with E-state index in [1.54, 1.807) is 30.7 Å². The zero-order valence-electron chi connectivity index (χ0n) is 18.1. The molecule has 0 amide bonds. The Hall–Kier alpha value is -3.97. The predicted octanol–water partition coefficient (Wildman–Crippen LogP) is 6.66. The Labute approximate surface area is 219 Å². The van der Waals surface area contributed by atoms with E-state index in [0.29, 0.717) is 33.0 Å². The fourth-order valence-electron chi connectivity index (χ4n) is 3.71. The molecule has 0 radical (unpaired) electrons. The van der Waals surface area contributed by atoms with Crippen molar-refractivity contribution in [2.75, 3.05) is 10.6 Å². The number of nitriles is 1. The first-order chi connectivity index (χ1) is 17.5. The number of fused-ring (bicyclic) bond motifs is 1. The molecular weight excluding hydrogens is 526 g/mol. The number of nitrogens with zero attached hydrogens (tertiary/aromatic N) is 5. The highest BCUT2D eigenvalue weighted by atomic mass is 35.5. The van der Waals surface area contributed by atoms with Gasteiger partial charge >= 0.3 is 0 Å². The van der Waals surface area contributed by atoms with Crippen LogP contribution < -0.4 is 10.6 Å². The van der Waals surface area contributed by atoms with Crippen LogP contribution in [-0.4, -0.2) is 25.4 Å². The van der Waals surface area contributed by atoms with Crippen molar-refractivity contribution >= 4 is 62.8 Å². The van der Waals surface area contributed by atoms with Gasteiger partial charge in [0.05, 0.1) is 49.8 Å². The molecule has 0 aliphatic carbocycles. The number of halogens is 4. The average Bonchev–Trinajstić information content (AvgIpc) is 3.43. The van der Waals surface area contributed by atoms with Crippen LogP contribution in [0.15, 0.2) is 61.2 Å². The lowest BCUT2D eigenvalue weighted by atomic mass is 10.0. The molecule has 178 valence electrons. The van der Waals surface area contributed by atoms with Gasteiger partial charge in [0.15, 0.2) is 5.82 Å². The molecule has 0 aliphatic rings. The summed E-state index contributed by atoms with van der Waals surface area (Å²) in [7, 11) is 0. The van der Waals surface area contributed by atoms with Crippen molar-refractivity contribution in [1.82, 2.24) is 25.4 Å². The molecule has 12 heteroatoms. The molecule has 1 unspecified atom stereocenters. The highest BCUT2D eigenvalue weighted by Gasteiger charge is 2.20. The summed E-state index contributed by atoms with van der Waals surface area (Å²) >= 11 is 18.5. The summed E-state index contributed by atoms with van der Waals surface area (Å²) < 4.78 is 14.8. The molecule has 5 rings (SSSR count). The van der Waals surface area contributed by atoms with Gasteiger partial charge in [-0.2, -0.15) is 20.7 Å². The van der Waals surface area contributed by atoms with E-state index in [1.807, 2.05) is 12.1 Å². The van der Waals surface area contributed by atoms with Crippen molar-refractivity contribution in [2.45, 2.75) is 6.04 Å². The van der Waals surface area contributed by atoms with Gasteiger partial charge in [0.1, 0.15) is 11.8 Å². The van der Waals surface area contributed by atoms with Crippen molar-refractivity contribution in [1.29, 1.82) is 5.26 Å². The summed E-state index contributed by atoms with van der Waals surface area (Å²) in [6.45, 7) is 0. The van der Waals surface area contributed by atoms with Crippen LogP contribution >= 0.6 is 34.8 Å². The number of aromatic amines is 1. The Balaban J connectivity index is 1.63. The van der Waals surface area contributed by atoms with Crippen molar-refractivity contribution in [3.8, 4) is 6.07 Å². The quantitative estimate of drug-likeness (QED) is 0.207. The third-order valence-electron chi connectivity index (χ3n) is 5.40. The van der Waals surface area contributed by atoms with Crippen molar-refractivity contribution in [3.05, 3.63) is 98.9 Å². The molecule has 0 saturated heterocycles. The minimum Gasteiger partial charge on any atom is -0.373 e.